The predicted molar refractivity (Wildman–Crippen MR) is 59.6 cm³/mol. The van der Waals surface area contributed by atoms with Crippen molar-refractivity contribution in [2.24, 2.45) is 11.7 Å². The summed E-state index contributed by atoms with van der Waals surface area (Å²) >= 11 is 0. The van der Waals surface area contributed by atoms with E-state index in [1.54, 1.807) is 13.0 Å². The summed E-state index contributed by atoms with van der Waals surface area (Å²) in [6, 6.07) is 0. The molecule has 0 aliphatic heterocycles. The topological polar surface area (TPSA) is 72.2 Å². The summed E-state index contributed by atoms with van der Waals surface area (Å²) in [5.74, 6) is -1.97. The van der Waals surface area contributed by atoms with Gasteiger partial charge in [0, 0.05) is 5.70 Å². The Balaban J connectivity index is 4.58. The molecule has 0 radical (unpaired) electrons. The Morgan fingerprint density at radius 2 is 2.00 bits per heavy atom. The number of hydrogen-bond acceptors (Lipinski definition) is 2. The number of nitrogens with two attached hydrogens (primary N) is 1. The SMILES string of the molecule is C=C/C(=C\C(=C)C)NC(=O)C(C)C(N)=O. The van der Waals surface area contributed by atoms with Gasteiger partial charge in [0.1, 0.15) is 5.92 Å². The summed E-state index contributed by atoms with van der Waals surface area (Å²) < 4.78 is 0. The van der Waals surface area contributed by atoms with E-state index in [1.807, 2.05) is 0 Å². The van der Waals surface area contributed by atoms with Gasteiger partial charge in [0.15, 0.2) is 0 Å². The first kappa shape index (κ1) is 13.2. The molecule has 3 N–H and O–H groups in total. The number of allylic oxidation sites excluding steroid dienone is 3. The maximum Gasteiger partial charge on any atom is 0.236 e. The fraction of sp³-hybridized carbons (Fsp3) is 0.273. The van der Waals surface area contributed by atoms with E-state index in [-0.39, 0.29) is 0 Å². The molecule has 1 unspecified atom stereocenters. The molecular weight excluding hydrogens is 192 g/mol. The van der Waals surface area contributed by atoms with Gasteiger partial charge in [0.05, 0.1) is 0 Å². The van der Waals surface area contributed by atoms with E-state index in [2.05, 4.69) is 18.5 Å². The van der Waals surface area contributed by atoms with E-state index >= 15 is 0 Å². The molecule has 0 aromatic rings. The zero-order valence-corrected chi connectivity index (χ0v) is 9.04. The van der Waals surface area contributed by atoms with E-state index in [4.69, 9.17) is 5.73 Å². The van der Waals surface area contributed by atoms with Crippen LogP contribution < -0.4 is 11.1 Å². The van der Waals surface area contributed by atoms with Crippen LogP contribution in [0.2, 0.25) is 0 Å². The van der Waals surface area contributed by atoms with Crippen molar-refractivity contribution < 1.29 is 9.59 Å². The maximum absolute atomic E-state index is 11.4. The normalized spacial score (nSPS) is 12.8. The molecule has 0 saturated heterocycles. The molecule has 82 valence electrons. The van der Waals surface area contributed by atoms with Crippen molar-refractivity contribution in [3.63, 3.8) is 0 Å². The maximum atomic E-state index is 11.4. The van der Waals surface area contributed by atoms with Gasteiger partial charge in [-0.1, -0.05) is 18.7 Å². The molecular formula is C11H16N2O2. The van der Waals surface area contributed by atoms with Crippen molar-refractivity contribution >= 4 is 11.8 Å². The van der Waals surface area contributed by atoms with E-state index < -0.39 is 17.7 Å². The van der Waals surface area contributed by atoms with Crippen LogP contribution >= 0.6 is 0 Å². The molecule has 15 heavy (non-hydrogen) atoms. The summed E-state index contributed by atoms with van der Waals surface area (Å²) in [4.78, 5) is 22.1. The van der Waals surface area contributed by atoms with Crippen molar-refractivity contribution in [3.8, 4) is 0 Å². The highest BCUT2D eigenvalue weighted by Crippen LogP contribution is 2.01. The average Bonchev–Trinajstić information content (AvgIpc) is 2.14. The molecule has 0 bridgehead atoms. The summed E-state index contributed by atoms with van der Waals surface area (Å²) in [6.07, 6.45) is 3.12. The first-order chi connectivity index (χ1) is 6.88. The summed E-state index contributed by atoms with van der Waals surface area (Å²) in [7, 11) is 0. The number of nitrogens with one attached hydrogen (secondary N) is 1. The fourth-order valence-electron chi connectivity index (χ4n) is 0.791. The van der Waals surface area contributed by atoms with Gasteiger partial charge in [-0.25, -0.2) is 0 Å². The Morgan fingerprint density at radius 1 is 1.47 bits per heavy atom. The molecule has 4 heteroatoms. The second kappa shape index (κ2) is 5.80. The molecule has 1 atom stereocenters. The lowest BCUT2D eigenvalue weighted by atomic mass is 10.1. The Kier molecular flexibility index (Phi) is 5.09. The van der Waals surface area contributed by atoms with Gasteiger partial charge in [-0.2, -0.15) is 0 Å². The lowest BCUT2D eigenvalue weighted by molar-refractivity contribution is -0.132. The number of hydrogen-bond donors (Lipinski definition) is 2. The van der Waals surface area contributed by atoms with Gasteiger partial charge in [-0.05, 0) is 26.0 Å². The van der Waals surface area contributed by atoms with Gasteiger partial charge >= 0.3 is 0 Å². The van der Waals surface area contributed by atoms with Crippen LogP contribution in [0, 0.1) is 5.92 Å². The Bertz CT molecular complexity index is 329. The molecule has 2 amide bonds. The number of amides is 2. The predicted octanol–water partition coefficient (Wildman–Crippen LogP) is 0.870. The number of rotatable bonds is 5. The fourth-order valence-corrected chi connectivity index (χ4v) is 0.791. The van der Waals surface area contributed by atoms with Crippen molar-refractivity contribution in [3.05, 3.63) is 36.6 Å². The van der Waals surface area contributed by atoms with E-state index in [0.29, 0.717) is 5.70 Å². The Morgan fingerprint density at radius 3 is 2.33 bits per heavy atom. The van der Waals surface area contributed by atoms with Gasteiger partial charge in [0.2, 0.25) is 11.8 Å². The molecule has 0 aliphatic rings. The highest BCUT2D eigenvalue weighted by Gasteiger charge is 2.18. The summed E-state index contributed by atoms with van der Waals surface area (Å²) in [5.41, 5.74) is 6.27. The van der Waals surface area contributed by atoms with E-state index in [9.17, 15) is 9.59 Å². The van der Waals surface area contributed by atoms with Crippen LogP contribution in [0.15, 0.2) is 36.6 Å². The highest BCUT2D eigenvalue weighted by atomic mass is 16.2. The van der Waals surface area contributed by atoms with Crippen LogP contribution in [0.1, 0.15) is 13.8 Å². The highest BCUT2D eigenvalue weighted by molar-refractivity contribution is 5.99. The molecule has 0 aromatic carbocycles. The van der Waals surface area contributed by atoms with Crippen LogP contribution in [0.3, 0.4) is 0 Å². The molecule has 0 rings (SSSR count). The number of carbonyl (C=O) groups is 2. The zero-order valence-electron chi connectivity index (χ0n) is 9.04. The number of primary amides is 1. The molecule has 0 aromatic heterocycles. The standard InChI is InChI=1S/C11H16N2O2/c1-5-9(6-7(2)3)13-11(15)8(4)10(12)14/h5-6,8H,1-2H2,3-4H3,(H2,12,14)(H,13,15)/b9-6+. The minimum atomic E-state index is -0.863. The van der Waals surface area contributed by atoms with Gasteiger partial charge in [0.25, 0.3) is 0 Å². The van der Waals surface area contributed by atoms with Crippen LogP contribution in [-0.4, -0.2) is 11.8 Å². The first-order valence-electron chi connectivity index (χ1n) is 4.48. The van der Waals surface area contributed by atoms with Crippen LogP contribution in [0.25, 0.3) is 0 Å². The van der Waals surface area contributed by atoms with Gasteiger partial charge in [-0.15, -0.1) is 0 Å². The van der Waals surface area contributed by atoms with Gasteiger partial charge < -0.3 is 11.1 Å². The molecule has 0 fully saturated rings. The van der Waals surface area contributed by atoms with Crippen LogP contribution in [0.4, 0.5) is 0 Å². The molecule has 0 aliphatic carbocycles. The molecule has 4 nitrogen and oxygen atoms in total. The summed E-state index contributed by atoms with van der Waals surface area (Å²) in [5, 5.41) is 2.52. The summed E-state index contributed by atoms with van der Waals surface area (Å²) in [6.45, 7) is 10.4. The van der Waals surface area contributed by atoms with Crippen molar-refractivity contribution in [1.29, 1.82) is 0 Å². The number of carbonyl (C=O) groups excluding carboxylic acids is 2. The Hall–Kier alpha value is -1.84. The minimum Gasteiger partial charge on any atom is -0.369 e. The van der Waals surface area contributed by atoms with Crippen LogP contribution in [0.5, 0.6) is 0 Å². The largest absolute Gasteiger partial charge is 0.369 e. The van der Waals surface area contributed by atoms with Gasteiger partial charge in [-0.3, -0.25) is 9.59 Å². The smallest absolute Gasteiger partial charge is 0.236 e. The Labute approximate surface area is 89.5 Å². The third-order valence-corrected chi connectivity index (χ3v) is 1.71. The van der Waals surface area contributed by atoms with Crippen molar-refractivity contribution in [1.82, 2.24) is 5.32 Å². The lowest BCUT2D eigenvalue weighted by Crippen LogP contribution is -2.36. The zero-order chi connectivity index (χ0) is 12.0. The molecule has 0 saturated carbocycles. The second-order valence-electron chi connectivity index (χ2n) is 3.26. The van der Waals surface area contributed by atoms with Crippen molar-refractivity contribution in [2.75, 3.05) is 0 Å². The molecule has 0 spiro atoms. The first-order valence-corrected chi connectivity index (χ1v) is 4.48. The van der Waals surface area contributed by atoms with Crippen LogP contribution in [-0.2, 0) is 9.59 Å². The minimum absolute atomic E-state index is 0.449. The quantitative estimate of drug-likeness (QED) is 0.519. The average molecular weight is 208 g/mol. The second-order valence-corrected chi connectivity index (χ2v) is 3.26. The monoisotopic (exact) mass is 208 g/mol. The van der Waals surface area contributed by atoms with Crippen molar-refractivity contribution in [2.45, 2.75) is 13.8 Å². The third kappa shape index (κ3) is 4.81. The third-order valence-electron chi connectivity index (χ3n) is 1.71. The molecule has 0 heterocycles. The van der Waals surface area contributed by atoms with E-state index in [0.717, 1.165) is 5.57 Å². The lowest BCUT2D eigenvalue weighted by Gasteiger charge is -2.09. The van der Waals surface area contributed by atoms with E-state index in [1.165, 1.54) is 13.0 Å².